The predicted octanol–water partition coefficient (Wildman–Crippen LogP) is 4.29. The number of carbonyl (C=O) groups excluding carboxylic acids is 1. The lowest BCUT2D eigenvalue weighted by molar-refractivity contribution is 0.0997. The van der Waals surface area contributed by atoms with Crippen molar-refractivity contribution in [2.45, 2.75) is 0 Å². The number of amides is 1. The summed E-state index contributed by atoms with van der Waals surface area (Å²) in [4.78, 5) is 27.2. The zero-order valence-corrected chi connectivity index (χ0v) is 15.0. The molecule has 26 heavy (non-hydrogen) atoms. The Labute approximate surface area is 153 Å². The fourth-order valence-corrected chi connectivity index (χ4v) is 3.99. The van der Waals surface area contributed by atoms with Crippen molar-refractivity contribution in [2.24, 2.45) is 0 Å². The molecule has 2 aromatic carbocycles. The number of nitrogens with zero attached hydrogens (tertiary/aromatic N) is 1. The second-order valence-corrected chi connectivity index (χ2v) is 6.85. The highest BCUT2D eigenvalue weighted by Gasteiger charge is 2.19. The highest BCUT2D eigenvalue weighted by molar-refractivity contribution is 7.21. The fraction of sp³-hybridized carbons (Fsp3) is 0.100. The Morgan fingerprint density at radius 2 is 1.81 bits per heavy atom. The number of para-hydroxylation sites is 1. The number of benzene rings is 2. The van der Waals surface area contributed by atoms with E-state index >= 15 is 0 Å². The van der Waals surface area contributed by atoms with Crippen LogP contribution in [0.2, 0.25) is 0 Å². The van der Waals surface area contributed by atoms with Crippen LogP contribution in [0.5, 0.6) is 5.75 Å². The topological polar surface area (TPSA) is 59.8 Å². The molecule has 4 rings (SSSR count). The summed E-state index contributed by atoms with van der Waals surface area (Å²) in [5.74, 6) is 0.542. The van der Waals surface area contributed by atoms with E-state index in [0.29, 0.717) is 15.8 Å². The van der Waals surface area contributed by atoms with Crippen LogP contribution < -0.4 is 15.3 Å². The first-order chi connectivity index (χ1) is 12.6. The lowest BCUT2D eigenvalue weighted by Gasteiger charge is -2.16. The molecule has 0 saturated carbocycles. The van der Waals surface area contributed by atoms with Crippen molar-refractivity contribution < 1.29 is 13.9 Å². The second-order valence-electron chi connectivity index (χ2n) is 5.80. The van der Waals surface area contributed by atoms with E-state index in [1.165, 1.54) is 11.3 Å². The number of hydrogen-bond donors (Lipinski definition) is 0. The van der Waals surface area contributed by atoms with Crippen LogP contribution in [0.4, 0.5) is 5.69 Å². The molecule has 0 spiro atoms. The summed E-state index contributed by atoms with van der Waals surface area (Å²) in [7, 11) is 3.30. The number of methoxy groups -OCH3 is 1. The van der Waals surface area contributed by atoms with Gasteiger partial charge in [-0.15, -0.1) is 11.3 Å². The van der Waals surface area contributed by atoms with Crippen LogP contribution in [0.15, 0.2) is 63.8 Å². The molecular formula is C20H15NO4S. The third-order valence-electron chi connectivity index (χ3n) is 4.26. The number of ether oxygens (including phenoxy) is 1. The molecule has 0 unspecified atom stereocenters. The van der Waals surface area contributed by atoms with Gasteiger partial charge in [-0.05, 0) is 42.5 Å². The lowest BCUT2D eigenvalue weighted by Crippen LogP contribution is -2.25. The Kier molecular flexibility index (Phi) is 3.97. The van der Waals surface area contributed by atoms with E-state index in [0.717, 1.165) is 21.5 Å². The molecule has 2 heterocycles. The summed E-state index contributed by atoms with van der Waals surface area (Å²) in [5, 5.41) is 1.26. The quantitative estimate of drug-likeness (QED) is 0.508. The van der Waals surface area contributed by atoms with E-state index in [1.807, 2.05) is 30.3 Å². The first kappa shape index (κ1) is 16.4. The molecule has 130 valence electrons. The minimum atomic E-state index is -0.430. The van der Waals surface area contributed by atoms with Gasteiger partial charge in [0.15, 0.2) is 0 Å². The standard InChI is InChI=1S/C20H15NO4S/c1-21(12-7-9-13(24-2)10-8-12)19(22)17-11-15-18(26-17)14-5-3-4-6-16(14)25-20(15)23/h3-11H,1-2H3. The number of fused-ring (bicyclic) bond motifs is 3. The maximum Gasteiger partial charge on any atom is 0.345 e. The molecule has 0 aliphatic carbocycles. The zero-order valence-electron chi connectivity index (χ0n) is 14.2. The molecule has 1 amide bonds. The molecule has 0 saturated heterocycles. The van der Waals surface area contributed by atoms with Gasteiger partial charge in [0.2, 0.25) is 0 Å². The Morgan fingerprint density at radius 3 is 2.54 bits per heavy atom. The summed E-state index contributed by atoms with van der Waals surface area (Å²) >= 11 is 1.30. The third kappa shape index (κ3) is 2.64. The van der Waals surface area contributed by atoms with Crippen LogP contribution in [0.1, 0.15) is 9.67 Å². The van der Waals surface area contributed by atoms with Crippen molar-refractivity contribution in [2.75, 3.05) is 19.1 Å². The first-order valence-electron chi connectivity index (χ1n) is 7.96. The van der Waals surface area contributed by atoms with Crippen LogP contribution in [0, 0.1) is 0 Å². The van der Waals surface area contributed by atoms with Crippen LogP contribution >= 0.6 is 11.3 Å². The van der Waals surface area contributed by atoms with Gasteiger partial charge in [0.1, 0.15) is 11.3 Å². The molecule has 4 aromatic rings. The van der Waals surface area contributed by atoms with Crippen LogP contribution in [-0.4, -0.2) is 20.1 Å². The summed E-state index contributed by atoms with van der Waals surface area (Å²) < 4.78 is 11.3. The molecular weight excluding hydrogens is 350 g/mol. The number of rotatable bonds is 3. The molecule has 2 aromatic heterocycles. The van der Waals surface area contributed by atoms with Crippen molar-refractivity contribution in [3.8, 4) is 5.75 Å². The van der Waals surface area contributed by atoms with Crippen molar-refractivity contribution >= 4 is 44.0 Å². The Morgan fingerprint density at radius 1 is 1.08 bits per heavy atom. The smallest absolute Gasteiger partial charge is 0.345 e. The largest absolute Gasteiger partial charge is 0.497 e. The Hall–Kier alpha value is -3.12. The minimum absolute atomic E-state index is 0.181. The van der Waals surface area contributed by atoms with Gasteiger partial charge in [-0.3, -0.25) is 4.79 Å². The van der Waals surface area contributed by atoms with Gasteiger partial charge in [0, 0.05) is 18.1 Å². The van der Waals surface area contributed by atoms with E-state index in [4.69, 9.17) is 9.15 Å². The molecule has 0 aliphatic rings. The average Bonchev–Trinajstić information content (AvgIpc) is 3.13. The van der Waals surface area contributed by atoms with Gasteiger partial charge in [0.25, 0.3) is 5.91 Å². The van der Waals surface area contributed by atoms with Gasteiger partial charge in [-0.25, -0.2) is 4.79 Å². The summed E-state index contributed by atoms with van der Waals surface area (Å²) in [5.41, 5.74) is 0.834. The number of carbonyl (C=O) groups is 1. The minimum Gasteiger partial charge on any atom is -0.497 e. The third-order valence-corrected chi connectivity index (χ3v) is 5.42. The number of thiophene rings is 1. The zero-order chi connectivity index (χ0) is 18.3. The average molecular weight is 365 g/mol. The molecule has 0 radical (unpaired) electrons. The summed E-state index contributed by atoms with van der Waals surface area (Å²) in [6.45, 7) is 0. The maximum absolute atomic E-state index is 12.9. The van der Waals surface area contributed by atoms with E-state index in [9.17, 15) is 9.59 Å². The monoisotopic (exact) mass is 365 g/mol. The first-order valence-corrected chi connectivity index (χ1v) is 8.77. The van der Waals surface area contributed by atoms with E-state index in [2.05, 4.69) is 0 Å². The molecule has 0 fully saturated rings. The molecule has 0 atom stereocenters. The van der Waals surface area contributed by atoms with Crippen molar-refractivity contribution in [3.63, 3.8) is 0 Å². The summed E-state index contributed by atoms with van der Waals surface area (Å²) in [6.07, 6.45) is 0. The van der Waals surface area contributed by atoms with Crippen LogP contribution in [0.3, 0.4) is 0 Å². The lowest BCUT2D eigenvalue weighted by atomic mass is 10.2. The normalized spacial score (nSPS) is 11.0. The second kappa shape index (κ2) is 6.31. The van der Waals surface area contributed by atoms with Crippen molar-refractivity contribution in [3.05, 3.63) is 69.9 Å². The van der Waals surface area contributed by atoms with Crippen molar-refractivity contribution in [1.29, 1.82) is 0 Å². The molecule has 5 nitrogen and oxygen atoms in total. The number of hydrogen-bond acceptors (Lipinski definition) is 5. The van der Waals surface area contributed by atoms with Gasteiger partial charge in [-0.1, -0.05) is 12.1 Å². The maximum atomic E-state index is 12.9. The van der Waals surface area contributed by atoms with E-state index in [1.54, 1.807) is 43.3 Å². The molecule has 0 aliphatic heterocycles. The van der Waals surface area contributed by atoms with Crippen LogP contribution in [-0.2, 0) is 0 Å². The van der Waals surface area contributed by atoms with Crippen molar-refractivity contribution in [1.82, 2.24) is 0 Å². The Balaban J connectivity index is 1.78. The molecule has 6 heteroatoms. The Bertz CT molecular complexity index is 1170. The predicted molar refractivity (Wildman–Crippen MR) is 104 cm³/mol. The van der Waals surface area contributed by atoms with Gasteiger partial charge >= 0.3 is 5.63 Å². The molecule has 0 N–H and O–H groups in total. The van der Waals surface area contributed by atoms with E-state index in [-0.39, 0.29) is 5.91 Å². The van der Waals surface area contributed by atoms with E-state index < -0.39 is 5.63 Å². The molecule has 0 bridgehead atoms. The summed E-state index contributed by atoms with van der Waals surface area (Å²) in [6, 6.07) is 16.2. The SMILES string of the molecule is COc1ccc(N(C)C(=O)c2cc3c(=O)oc4ccccc4c3s2)cc1. The number of anilines is 1. The van der Waals surface area contributed by atoms with Gasteiger partial charge in [-0.2, -0.15) is 0 Å². The fourth-order valence-electron chi connectivity index (χ4n) is 2.83. The van der Waals surface area contributed by atoms with Crippen LogP contribution in [0.25, 0.3) is 21.1 Å². The van der Waals surface area contributed by atoms with Gasteiger partial charge < -0.3 is 14.1 Å². The highest BCUT2D eigenvalue weighted by Crippen LogP contribution is 2.31. The van der Waals surface area contributed by atoms with Gasteiger partial charge in [0.05, 0.1) is 22.1 Å². The highest BCUT2D eigenvalue weighted by atomic mass is 32.1.